The van der Waals surface area contributed by atoms with Gasteiger partial charge in [0.15, 0.2) is 9.86 Å². The van der Waals surface area contributed by atoms with Gasteiger partial charge in [-0.3, -0.25) is 34.1 Å². The first-order valence-electron chi connectivity index (χ1n) is 26.4. The quantitative estimate of drug-likeness (QED) is 0.0279. The van der Waals surface area contributed by atoms with Crippen molar-refractivity contribution in [2.75, 3.05) is 81.8 Å². The lowest BCUT2D eigenvalue weighted by Crippen LogP contribution is -2.47. The Morgan fingerprint density at radius 1 is 0.922 bits per heavy atom. The number of carboxylic acids is 1. The van der Waals surface area contributed by atoms with Crippen LogP contribution in [0.4, 0.5) is 28.3 Å². The van der Waals surface area contributed by atoms with Crippen molar-refractivity contribution in [2.45, 2.75) is 75.4 Å². The van der Waals surface area contributed by atoms with Crippen LogP contribution in [0.3, 0.4) is 0 Å². The van der Waals surface area contributed by atoms with E-state index in [4.69, 9.17) is 98.3 Å². The van der Waals surface area contributed by atoms with Crippen LogP contribution in [-0.2, 0) is 37.1 Å². The highest BCUT2D eigenvalue weighted by molar-refractivity contribution is 7.90. The van der Waals surface area contributed by atoms with Crippen LogP contribution in [0.1, 0.15) is 56.7 Å². The van der Waals surface area contributed by atoms with Crippen LogP contribution >= 0.6 is 65.6 Å². The number of aliphatic carboxylic acids is 1. The summed E-state index contributed by atoms with van der Waals surface area (Å²) in [6, 6.07) is 13.6. The molecule has 4 amide bonds. The van der Waals surface area contributed by atoms with Gasteiger partial charge in [0, 0.05) is 51.9 Å². The minimum atomic E-state index is -4.46. The number of halogens is 5. The van der Waals surface area contributed by atoms with Crippen molar-refractivity contribution >= 4 is 123 Å². The topological polar surface area (TPSA) is 401 Å². The number of benzene rings is 2. The lowest BCUT2D eigenvalue weighted by molar-refractivity contribution is -0.135. The predicted molar refractivity (Wildman–Crippen MR) is 337 cm³/mol. The van der Waals surface area contributed by atoms with Crippen LogP contribution in [0.25, 0.3) is 5.69 Å². The van der Waals surface area contributed by atoms with E-state index >= 15 is 0 Å². The van der Waals surface area contributed by atoms with Crippen LogP contribution in [0.5, 0.6) is 23.3 Å². The number of urea groups is 1. The molecule has 2 aliphatic heterocycles. The Balaban J connectivity index is 0.000000251. The van der Waals surface area contributed by atoms with E-state index in [9.17, 15) is 37.0 Å². The molecule has 2 aromatic carbocycles. The van der Waals surface area contributed by atoms with E-state index in [0.717, 1.165) is 37.3 Å². The molecule has 0 saturated heterocycles. The van der Waals surface area contributed by atoms with E-state index in [1.807, 2.05) is 52.0 Å². The molecule has 4 aromatic heterocycles. The molecule has 31 nitrogen and oxygen atoms in total. The molecule has 0 bridgehead atoms. The zero-order valence-electron chi connectivity index (χ0n) is 49.4. The number of nitrogens with zero attached hydrogens (tertiary/aromatic N) is 11. The average Bonchev–Trinajstić information content (AvgIpc) is 1.47. The summed E-state index contributed by atoms with van der Waals surface area (Å²) in [5.74, 6) is 3.07. The summed E-state index contributed by atoms with van der Waals surface area (Å²) >= 11 is 29.3. The highest BCUT2D eigenvalue weighted by Gasteiger charge is 2.32. The molecule has 0 radical (unpaired) electrons. The van der Waals surface area contributed by atoms with Gasteiger partial charge in [-0.25, -0.2) is 19.3 Å². The van der Waals surface area contributed by atoms with Crippen molar-refractivity contribution in [2.24, 2.45) is 0 Å². The number of aromatic nitrogens is 9. The Bertz CT molecular complexity index is 3700. The number of para-hydroxylation sites is 2. The molecule has 1 unspecified atom stereocenters. The molecular formula is C52H64Cl5N16O15PS. The summed E-state index contributed by atoms with van der Waals surface area (Å²) in [5, 5.41) is 22.9. The molecule has 488 valence electrons. The fraction of sp³-hybridized carbons (Fsp3) is 0.385. The fourth-order valence-electron chi connectivity index (χ4n) is 7.40. The van der Waals surface area contributed by atoms with E-state index in [1.165, 1.54) is 68.4 Å². The maximum absolute atomic E-state index is 12.5. The molecule has 0 saturated carbocycles. The molecule has 8 N–H and O–H groups in total. The number of pyridine rings is 1. The van der Waals surface area contributed by atoms with Gasteiger partial charge >= 0.3 is 25.3 Å². The molecule has 1 atom stereocenters. The third-order valence-electron chi connectivity index (χ3n) is 11.1. The van der Waals surface area contributed by atoms with E-state index in [1.54, 1.807) is 20.3 Å². The summed E-state index contributed by atoms with van der Waals surface area (Å²) in [6.45, 7) is 9.39. The number of anilines is 4. The maximum Gasteiger partial charge on any atom is 0.350 e. The van der Waals surface area contributed by atoms with Gasteiger partial charge < -0.3 is 54.3 Å². The van der Waals surface area contributed by atoms with Gasteiger partial charge in [0.05, 0.1) is 66.1 Å². The Morgan fingerprint density at radius 3 is 2.18 bits per heavy atom. The SMILES string of the molecule is C#CCOc1cc(-n2nc3n(c2=O)CCCC3)c(Cl)cc1Cl.CC1COc2ccccc2N1C(=O)C(Cl)Cl.CCNc1nc(Cl)nc(NC(C)C)n1.COc1cc(OC)nc(NC(=O)NS(=O)(=O)c2ncccc2C(=O)N(C)C)n1.O=C(O)CNCP(=O)(O)O. The molecule has 6 aromatic rings. The average molecular weight is 1390 g/mol. The van der Waals surface area contributed by atoms with Crippen LogP contribution < -0.4 is 55.5 Å². The van der Waals surface area contributed by atoms with Gasteiger partial charge in [0.2, 0.25) is 34.9 Å². The monoisotopic (exact) mass is 1390 g/mol. The Hall–Kier alpha value is -7.83. The Kier molecular flexibility index (Phi) is 29.5. The minimum Gasteiger partial charge on any atom is -0.489 e. The van der Waals surface area contributed by atoms with Crippen molar-refractivity contribution in [1.29, 1.82) is 0 Å². The molecule has 0 aliphatic carbocycles. The number of aryl methyl sites for hydroxylation is 1. The zero-order chi connectivity index (χ0) is 67.0. The summed E-state index contributed by atoms with van der Waals surface area (Å²) in [7, 11) is -2.94. The van der Waals surface area contributed by atoms with E-state index in [0.29, 0.717) is 52.3 Å². The number of fused-ring (bicyclic) bond motifs is 2. The number of sulfonamides is 1. The van der Waals surface area contributed by atoms with E-state index < -0.39 is 58.2 Å². The van der Waals surface area contributed by atoms with Crippen molar-refractivity contribution in [1.82, 2.24) is 59.2 Å². The summed E-state index contributed by atoms with van der Waals surface area (Å²) < 4.78 is 60.6. The number of rotatable bonds is 18. The summed E-state index contributed by atoms with van der Waals surface area (Å²) in [4.78, 5) is 100.0. The van der Waals surface area contributed by atoms with Crippen molar-refractivity contribution in [3.63, 3.8) is 0 Å². The first-order chi connectivity index (χ1) is 42.4. The molecular weight excluding hydrogens is 1330 g/mol. The predicted octanol–water partition coefficient (Wildman–Crippen LogP) is 5.97. The third-order valence-corrected chi connectivity index (χ3v) is 14.2. The normalized spacial score (nSPS) is 12.9. The number of carbonyl (C=O) groups excluding carboxylic acids is 3. The number of hydrogen-bond donors (Lipinski definition) is 8. The molecule has 0 fully saturated rings. The molecule has 6 heterocycles. The second-order valence-electron chi connectivity index (χ2n) is 18.7. The lowest BCUT2D eigenvalue weighted by atomic mass is 10.1. The standard InChI is InChI=1S/C15H13Cl2N3O2.C15H18N6O6S.C11H11Cl2NO2.C8H14ClN5.C3H8NO5P/c1-2-7-22-13-9-12(10(16)8-11(13)17)20-15(21)19-6-4-3-5-14(19)18-20;1-21(2)13(22)9-6-5-7-16-12(9)28(24,25)20-15(23)19-14-17-10(26-3)8-11(18-14)27-4;1-7-6-16-9-5-3-2-4-8(9)14(7)11(15)10(12)13;1-4-10-7-12-6(9)13-8(14-7)11-5(2)3;5-3(6)1-4-2-10(7,8)9/h1,8-9H,3-7H2;5-8H,1-4H3,(H2,17,18,19,20,23);2-5,7,10H,6H2,1H3;5H,4H2,1-3H3,(H2,10,11,12,13,14);4H,1-2H2,(H,5,6)(H2,7,8,9). The second-order valence-corrected chi connectivity index (χ2v) is 24.2. The number of carbonyl (C=O) groups is 4. The lowest BCUT2D eigenvalue weighted by Gasteiger charge is -2.35. The smallest absolute Gasteiger partial charge is 0.350 e. The van der Waals surface area contributed by atoms with Gasteiger partial charge in [-0.1, -0.05) is 64.5 Å². The van der Waals surface area contributed by atoms with Gasteiger partial charge in [-0.05, 0) is 82.5 Å². The second kappa shape index (κ2) is 35.5. The van der Waals surface area contributed by atoms with Crippen LogP contribution in [0, 0.1) is 12.3 Å². The number of carboxylic acid groups (broad SMARTS) is 1. The number of terminal acetylenes is 1. The summed E-state index contributed by atoms with van der Waals surface area (Å²) in [6.07, 6.45) is 8.56. The van der Waals surface area contributed by atoms with Crippen LogP contribution in [0.2, 0.25) is 15.3 Å². The minimum absolute atomic E-state index is 0.0672. The van der Waals surface area contributed by atoms with Crippen LogP contribution in [-0.4, -0.2) is 174 Å². The number of nitrogens with one attached hydrogen (secondary N) is 5. The first kappa shape index (κ1) is 74.6. The number of methoxy groups -OCH3 is 2. The van der Waals surface area contributed by atoms with Crippen LogP contribution in [0.15, 0.2) is 70.6 Å². The number of amides is 4. The molecule has 2 aliphatic rings. The highest BCUT2D eigenvalue weighted by atomic mass is 35.5. The molecule has 38 heteroatoms. The van der Waals surface area contributed by atoms with Gasteiger partial charge in [0.25, 0.3) is 21.8 Å². The van der Waals surface area contributed by atoms with Gasteiger partial charge in [0.1, 0.15) is 30.5 Å². The third kappa shape index (κ3) is 23.2. The van der Waals surface area contributed by atoms with E-state index in [-0.39, 0.29) is 58.8 Å². The van der Waals surface area contributed by atoms with Crippen molar-refractivity contribution in [3.05, 3.63) is 98.0 Å². The van der Waals surface area contributed by atoms with E-state index in [2.05, 4.69) is 62.2 Å². The highest BCUT2D eigenvalue weighted by Crippen LogP contribution is 2.36. The first-order valence-corrected chi connectivity index (χ1v) is 31.7. The Morgan fingerprint density at radius 2 is 1.59 bits per heavy atom. The maximum atomic E-state index is 12.5. The number of alkyl halides is 2. The Labute approximate surface area is 541 Å². The van der Waals surface area contributed by atoms with Crippen molar-refractivity contribution < 1.29 is 66.0 Å². The number of hydrogen-bond acceptors (Lipinski definition) is 22. The number of ether oxygens (including phenoxy) is 4. The summed E-state index contributed by atoms with van der Waals surface area (Å²) in [5.41, 5.74) is 0.761. The largest absolute Gasteiger partial charge is 0.489 e. The zero-order valence-corrected chi connectivity index (χ0v) is 54.8. The molecule has 0 spiro atoms. The molecule has 8 rings (SSSR count). The molecule has 90 heavy (non-hydrogen) atoms. The van der Waals surface area contributed by atoms with Gasteiger partial charge in [-0.2, -0.15) is 38.0 Å². The van der Waals surface area contributed by atoms with Gasteiger partial charge in [-0.15, -0.1) is 11.5 Å². The van der Waals surface area contributed by atoms with Crippen molar-refractivity contribution in [3.8, 4) is 41.3 Å². The fourth-order valence-corrected chi connectivity index (χ4v) is 9.73.